The molecule has 0 N–H and O–H groups in total. The number of amides is 1. The molecule has 3 aliphatic rings. The van der Waals surface area contributed by atoms with Gasteiger partial charge < -0.3 is 4.90 Å². The monoisotopic (exact) mass is 273 g/mol. The molecule has 3 rings (SSSR count). The molecule has 2 aliphatic carbocycles. The van der Waals surface area contributed by atoms with Crippen LogP contribution in [-0.4, -0.2) is 17.4 Å². The third-order valence-corrected chi connectivity index (χ3v) is 5.43. The maximum atomic E-state index is 12.7. The normalized spacial score (nSPS) is 29.0. The molecule has 0 aromatic rings. The maximum absolute atomic E-state index is 12.7. The van der Waals surface area contributed by atoms with Gasteiger partial charge in [0.1, 0.15) is 0 Å². The lowest BCUT2D eigenvalue weighted by Gasteiger charge is -2.26. The average molecular weight is 273 g/mol. The highest BCUT2D eigenvalue weighted by Crippen LogP contribution is 2.48. The van der Waals surface area contributed by atoms with E-state index >= 15 is 0 Å². The first-order valence-electron chi connectivity index (χ1n) is 8.30. The predicted molar refractivity (Wildman–Crippen MR) is 82.1 cm³/mol. The Hall–Kier alpha value is -1.05. The smallest absolute Gasteiger partial charge is 0.233 e. The van der Waals surface area contributed by atoms with E-state index in [4.69, 9.17) is 0 Å². The molecule has 0 radical (unpaired) electrons. The quantitative estimate of drug-likeness (QED) is 0.697. The number of hydrogen-bond acceptors (Lipinski definition) is 1. The Balaban J connectivity index is 1.73. The van der Waals surface area contributed by atoms with Crippen LogP contribution in [0.25, 0.3) is 0 Å². The van der Waals surface area contributed by atoms with E-state index in [0.29, 0.717) is 11.8 Å². The number of allylic oxidation sites excluding steroid dienone is 3. The minimum Gasteiger partial charge on any atom is -0.315 e. The van der Waals surface area contributed by atoms with Gasteiger partial charge in [0.2, 0.25) is 5.91 Å². The third-order valence-electron chi connectivity index (χ3n) is 5.43. The first-order valence-corrected chi connectivity index (χ1v) is 8.30. The molecular weight excluding hydrogens is 246 g/mol. The molecule has 0 saturated carbocycles. The molecule has 1 amide bonds. The summed E-state index contributed by atoms with van der Waals surface area (Å²) in [5.74, 6) is 0.816. The SMILES string of the molecule is CC1(C)C(=O)N(CCC2=CCCCC2)C2=CCCCC21. The van der Waals surface area contributed by atoms with E-state index < -0.39 is 0 Å². The van der Waals surface area contributed by atoms with Gasteiger partial charge in [-0.1, -0.05) is 31.6 Å². The molecule has 1 atom stereocenters. The lowest BCUT2D eigenvalue weighted by atomic mass is 9.75. The lowest BCUT2D eigenvalue weighted by molar-refractivity contribution is -0.134. The summed E-state index contributed by atoms with van der Waals surface area (Å²) in [6.45, 7) is 5.18. The molecular formula is C18H27NO. The molecule has 1 aliphatic heterocycles. The van der Waals surface area contributed by atoms with Gasteiger partial charge in [-0.15, -0.1) is 0 Å². The number of hydrogen-bond donors (Lipinski definition) is 0. The second kappa shape index (κ2) is 5.38. The van der Waals surface area contributed by atoms with Gasteiger partial charge in [-0.3, -0.25) is 4.79 Å². The second-order valence-corrected chi connectivity index (χ2v) is 7.15. The summed E-state index contributed by atoms with van der Waals surface area (Å²) in [6.07, 6.45) is 14.5. The van der Waals surface area contributed by atoms with E-state index in [-0.39, 0.29) is 5.41 Å². The topological polar surface area (TPSA) is 20.3 Å². The number of fused-ring (bicyclic) bond motifs is 1. The highest BCUT2D eigenvalue weighted by atomic mass is 16.2. The molecule has 1 heterocycles. The molecule has 0 spiro atoms. The summed E-state index contributed by atoms with van der Waals surface area (Å²) in [7, 11) is 0. The Labute approximate surface area is 122 Å². The van der Waals surface area contributed by atoms with Crippen molar-refractivity contribution in [2.45, 2.75) is 65.2 Å². The average Bonchev–Trinajstić information content (AvgIpc) is 2.67. The summed E-state index contributed by atoms with van der Waals surface area (Å²) < 4.78 is 0. The standard InChI is InChI=1S/C18H27NO/c1-18(2)15-10-6-7-11-16(15)19(17(18)20)13-12-14-8-4-3-5-9-14/h8,11,15H,3-7,9-10,12-13H2,1-2H3. The van der Waals surface area contributed by atoms with Crippen LogP contribution in [0.3, 0.4) is 0 Å². The molecule has 1 fully saturated rings. The molecule has 0 bridgehead atoms. The zero-order valence-electron chi connectivity index (χ0n) is 13.0. The van der Waals surface area contributed by atoms with Gasteiger partial charge >= 0.3 is 0 Å². The molecule has 0 aromatic carbocycles. The first kappa shape index (κ1) is 13.9. The van der Waals surface area contributed by atoms with Crippen molar-refractivity contribution in [3.05, 3.63) is 23.4 Å². The molecule has 1 unspecified atom stereocenters. The lowest BCUT2D eigenvalue weighted by Crippen LogP contribution is -2.32. The minimum atomic E-state index is -0.187. The van der Waals surface area contributed by atoms with Gasteiger partial charge in [-0.05, 0) is 51.4 Å². The summed E-state index contributed by atoms with van der Waals surface area (Å²) in [4.78, 5) is 14.8. The van der Waals surface area contributed by atoms with Crippen LogP contribution in [0.2, 0.25) is 0 Å². The van der Waals surface area contributed by atoms with Gasteiger partial charge in [-0.2, -0.15) is 0 Å². The predicted octanol–water partition coefficient (Wildman–Crippen LogP) is 4.43. The van der Waals surface area contributed by atoms with Crippen LogP contribution in [0.1, 0.15) is 65.2 Å². The van der Waals surface area contributed by atoms with E-state index in [1.54, 1.807) is 5.57 Å². The van der Waals surface area contributed by atoms with Crippen molar-refractivity contribution >= 4 is 5.91 Å². The molecule has 2 nitrogen and oxygen atoms in total. The van der Waals surface area contributed by atoms with Crippen molar-refractivity contribution in [2.24, 2.45) is 11.3 Å². The van der Waals surface area contributed by atoms with Crippen LogP contribution < -0.4 is 0 Å². The highest BCUT2D eigenvalue weighted by molar-refractivity contribution is 5.87. The summed E-state index contributed by atoms with van der Waals surface area (Å²) >= 11 is 0. The van der Waals surface area contributed by atoms with Crippen LogP contribution in [-0.2, 0) is 4.79 Å². The van der Waals surface area contributed by atoms with E-state index in [1.165, 1.54) is 44.2 Å². The van der Waals surface area contributed by atoms with Crippen molar-refractivity contribution in [1.29, 1.82) is 0 Å². The molecule has 2 heteroatoms. The summed E-state index contributed by atoms with van der Waals surface area (Å²) in [6, 6.07) is 0. The first-order chi connectivity index (χ1) is 9.60. The van der Waals surface area contributed by atoms with Crippen molar-refractivity contribution < 1.29 is 4.79 Å². The van der Waals surface area contributed by atoms with Crippen molar-refractivity contribution in [3.63, 3.8) is 0 Å². The Morgan fingerprint density at radius 3 is 2.75 bits per heavy atom. The van der Waals surface area contributed by atoms with Gasteiger partial charge in [0.25, 0.3) is 0 Å². The van der Waals surface area contributed by atoms with E-state index in [0.717, 1.165) is 19.4 Å². The zero-order chi connectivity index (χ0) is 14.2. The molecule has 20 heavy (non-hydrogen) atoms. The van der Waals surface area contributed by atoms with Gasteiger partial charge in [-0.25, -0.2) is 0 Å². The van der Waals surface area contributed by atoms with Crippen LogP contribution in [0.4, 0.5) is 0 Å². The zero-order valence-corrected chi connectivity index (χ0v) is 13.0. The molecule has 0 aromatic heterocycles. The molecule has 110 valence electrons. The Morgan fingerprint density at radius 2 is 2.00 bits per heavy atom. The second-order valence-electron chi connectivity index (χ2n) is 7.15. The van der Waals surface area contributed by atoms with Gasteiger partial charge in [0.15, 0.2) is 0 Å². The Kier molecular flexibility index (Phi) is 3.74. The van der Waals surface area contributed by atoms with Gasteiger partial charge in [0.05, 0.1) is 5.41 Å². The van der Waals surface area contributed by atoms with Crippen molar-refractivity contribution in [3.8, 4) is 0 Å². The maximum Gasteiger partial charge on any atom is 0.233 e. The van der Waals surface area contributed by atoms with Crippen LogP contribution >= 0.6 is 0 Å². The third kappa shape index (κ3) is 2.34. The minimum absolute atomic E-state index is 0.187. The number of carbonyl (C=O) groups is 1. The number of rotatable bonds is 3. The summed E-state index contributed by atoms with van der Waals surface area (Å²) in [5.41, 5.74) is 2.72. The van der Waals surface area contributed by atoms with E-state index in [9.17, 15) is 4.79 Å². The Morgan fingerprint density at radius 1 is 1.20 bits per heavy atom. The summed E-state index contributed by atoms with van der Waals surface area (Å²) in [5, 5.41) is 0. The Bertz CT molecular complexity index is 458. The molecule has 1 saturated heterocycles. The highest BCUT2D eigenvalue weighted by Gasteiger charge is 2.50. The van der Waals surface area contributed by atoms with E-state index in [1.807, 2.05) is 0 Å². The van der Waals surface area contributed by atoms with Crippen molar-refractivity contribution in [1.82, 2.24) is 4.90 Å². The van der Waals surface area contributed by atoms with Crippen molar-refractivity contribution in [2.75, 3.05) is 6.54 Å². The largest absolute Gasteiger partial charge is 0.315 e. The van der Waals surface area contributed by atoms with Gasteiger partial charge in [0, 0.05) is 18.2 Å². The number of nitrogens with zero attached hydrogens (tertiary/aromatic N) is 1. The fourth-order valence-corrected chi connectivity index (χ4v) is 4.12. The number of carbonyl (C=O) groups excluding carboxylic acids is 1. The van der Waals surface area contributed by atoms with Crippen LogP contribution in [0.15, 0.2) is 23.4 Å². The fraction of sp³-hybridized carbons (Fsp3) is 0.722. The number of likely N-dealkylation sites (tertiary alicyclic amines) is 1. The van der Waals surface area contributed by atoms with Crippen LogP contribution in [0, 0.1) is 11.3 Å². The van der Waals surface area contributed by atoms with Crippen LogP contribution in [0.5, 0.6) is 0 Å². The van der Waals surface area contributed by atoms with E-state index in [2.05, 4.69) is 30.9 Å². The fourth-order valence-electron chi connectivity index (χ4n) is 4.12.